The highest BCUT2D eigenvalue weighted by Gasteiger charge is 2.29. The number of carbonyl (C=O) groups excluding carboxylic acids is 1. The van der Waals surface area contributed by atoms with Crippen LogP contribution in [0, 0.1) is 11.7 Å². The lowest BCUT2D eigenvalue weighted by molar-refractivity contribution is -0.138. The summed E-state index contributed by atoms with van der Waals surface area (Å²) in [5, 5.41) is 8.76. The molecule has 0 bridgehead atoms. The zero-order valence-electron chi connectivity index (χ0n) is 11.3. The number of hydrogen-bond donors (Lipinski definition) is 1. The number of benzene rings is 1. The Balaban J connectivity index is 1.98. The Labute approximate surface area is 116 Å². The summed E-state index contributed by atoms with van der Waals surface area (Å²) in [5.41, 5.74) is 0.609. The normalized spacial score (nSPS) is 18.1. The minimum atomic E-state index is -0.837. The third-order valence-electron chi connectivity index (χ3n) is 3.52. The molecule has 6 heteroatoms. The van der Waals surface area contributed by atoms with Crippen LogP contribution < -0.4 is 4.90 Å². The van der Waals surface area contributed by atoms with E-state index in [1.54, 1.807) is 11.9 Å². The minimum absolute atomic E-state index is 0.0121. The third kappa shape index (κ3) is 3.26. The molecule has 1 aromatic carbocycles. The molecule has 108 valence electrons. The van der Waals surface area contributed by atoms with Gasteiger partial charge in [-0.1, -0.05) is 0 Å². The highest BCUT2D eigenvalue weighted by atomic mass is 19.1. The van der Waals surface area contributed by atoms with Crippen LogP contribution in [0.5, 0.6) is 0 Å². The molecular weight excluding hydrogens is 263 g/mol. The molecule has 1 fully saturated rings. The van der Waals surface area contributed by atoms with Gasteiger partial charge in [0.1, 0.15) is 5.82 Å². The van der Waals surface area contributed by atoms with Crippen molar-refractivity contribution in [2.45, 2.75) is 12.8 Å². The second-order valence-corrected chi connectivity index (χ2v) is 5.02. The van der Waals surface area contributed by atoms with Crippen molar-refractivity contribution in [2.75, 3.05) is 25.0 Å². The molecule has 1 saturated heterocycles. The van der Waals surface area contributed by atoms with Gasteiger partial charge >= 0.3 is 12.0 Å². The Kier molecular flexibility index (Phi) is 4.22. The van der Waals surface area contributed by atoms with Crippen LogP contribution in [0.15, 0.2) is 24.3 Å². The number of rotatable bonds is 3. The second kappa shape index (κ2) is 5.90. The standard InChI is InChI=1S/C14H17FN2O3/c1-16(12-4-2-11(15)3-5-12)14(20)17-7-6-10(9-17)8-13(18)19/h2-5,10H,6-9H2,1H3,(H,18,19). The van der Waals surface area contributed by atoms with E-state index in [2.05, 4.69) is 0 Å². The van der Waals surface area contributed by atoms with E-state index in [-0.39, 0.29) is 24.2 Å². The fourth-order valence-corrected chi connectivity index (χ4v) is 2.41. The first-order valence-electron chi connectivity index (χ1n) is 6.47. The van der Waals surface area contributed by atoms with Gasteiger partial charge in [-0.05, 0) is 36.6 Å². The van der Waals surface area contributed by atoms with Gasteiger partial charge in [-0.15, -0.1) is 0 Å². The molecule has 0 spiro atoms. The van der Waals surface area contributed by atoms with Crippen LogP contribution in [-0.2, 0) is 4.79 Å². The Morgan fingerprint density at radius 1 is 1.40 bits per heavy atom. The van der Waals surface area contributed by atoms with Crippen LogP contribution in [0.25, 0.3) is 0 Å². The molecule has 5 nitrogen and oxygen atoms in total. The number of anilines is 1. The lowest BCUT2D eigenvalue weighted by Crippen LogP contribution is -2.40. The number of halogens is 1. The molecule has 1 aliphatic rings. The minimum Gasteiger partial charge on any atom is -0.481 e. The Morgan fingerprint density at radius 2 is 2.05 bits per heavy atom. The molecule has 1 atom stereocenters. The summed E-state index contributed by atoms with van der Waals surface area (Å²) in [4.78, 5) is 26.0. The average Bonchev–Trinajstić information content (AvgIpc) is 2.85. The Hall–Kier alpha value is -2.11. The van der Waals surface area contributed by atoms with Crippen LogP contribution in [0.2, 0.25) is 0 Å². The van der Waals surface area contributed by atoms with Crippen molar-refractivity contribution in [3.63, 3.8) is 0 Å². The van der Waals surface area contributed by atoms with Gasteiger partial charge in [0.2, 0.25) is 0 Å². The van der Waals surface area contributed by atoms with E-state index >= 15 is 0 Å². The molecule has 2 rings (SSSR count). The zero-order chi connectivity index (χ0) is 14.7. The van der Waals surface area contributed by atoms with Gasteiger partial charge in [0.25, 0.3) is 0 Å². The van der Waals surface area contributed by atoms with Crippen LogP contribution in [0.1, 0.15) is 12.8 Å². The molecule has 1 heterocycles. The number of likely N-dealkylation sites (tertiary alicyclic amines) is 1. The van der Waals surface area contributed by atoms with E-state index in [9.17, 15) is 14.0 Å². The molecule has 0 radical (unpaired) electrons. The van der Waals surface area contributed by atoms with Crippen LogP contribution in [0.3, 0.4) is 0 Å². The highest BCUT2D eigenvalue weighted by Crippen LogP contribution is 2.22. The molecule has 0 saturated carbocycles. The van der Waals surface area contributed by atoms with E-state index in [0.717, 1.165) is 0 Å². The van der Waals surface area contributed by atoms with Crippen molar-refractivity contribution in [1.29, 1.82) is 0 Å². The number of carboxylic acids is 1. The van der Waals surface area contributed by atoms with E-state index in [1.807, 2.05) is 0 Å². The smallest absolute Gasteiger partial charge is 0.324 e. The Bertz CT molecular complexity index is 504. The van der Waals surface area contributed by atoms with E-state index in [1.165, 1.54) is 29.2 Å². The van der Waals surface area contributed by atoms with E-state index < -0.39 is 5.97 Å². The van der Waals surface area contributed by atoms with Gasteiger partial charge in [0.15, 0.2) is 0 Å². The SMILES string of the molecule is CN(C(=O)N1CCC(CC(=O)O)C1)c1ccc(F)cc1. The molecule has 20 heavy (non-hydrogen) atoms. The van der Waals surface area contributed by atoms with E-state index in [0.29, 0.717) is 25.2 Å². The summed E-state index contributed by atoms with van der Waals surface area (Å²) in [6.45, 7) is 1.01. The first-order chi connectivity index (χ1) is 9.47. The topological polar surface area (TPSA) is 60.9 Å². The number of amides is 2. The lowest BCUT2D eigenvalue weighted by atomic mass is 10.1. The molecule has 1 aliphatic heterocycles. The van der Waals surface area contributed by atoms with E-state index in [4.69, 9.17) is 5.11 Å². The fraction of sp³-hybridized carbons (Fsp3) is 0.429. The van der Waals surface area contributed by atoms with Gasteiger partial charge < -0.3 is 10.0 Å². The molecule has 1 aromatic rings. The first kappa shape index (κ1) is 14.3. The summed E-state index contributed by atoms with van der Waals surface area (Å²) in [6, 6.07) is 5.49. The van der Waals surface area contributed by atoms with Crippen LogP contribution in [-0.4, -0.2) is 42.1 Å². The van der Waals surface area contributed by atoms with Gasteiger partial charge in [0, 0.05) is 32.2 Å². The monoisotopic (exact) mass is 280 g/mol. The van der Waals surface area contributed by atoms with Crippen molar-refractivity contribution in [3.8, 4) is 0 Å². The highest BCUT2D eigenvalue weighted by molar-refractivity contribution is 5.91. The lowest BCUT2D eigenvalue weighted by Gasteiger charge is -2.24. The van der Waals surface area contributed by atoms with Crippen molar-refractivity contribution in [2.24, 2.45) is 5.92 Å². The fourth-order valence-electron chi connectivity index (χ4n) is 2.41. The molecular formula is C14H17FN2O3. The maximum atomic E-state index is 12.9. The zero-order valence-corrected chi connectivity index (χ0v) is 11.3. The summed E-state index contributed by atoms with van der Waals surface area (Å²) in [5.74, 6) is -1.17. The van der Waals surface area contributed by atoms with Gasteiger partial charge in [-0.3, -0.25) is 9.69 Å². The van der Waals surface area contributed by atoms with Crippen molar-refractivity contribution < 1.29 is 19.1 Å². The van der Waals surface area contributed by atoms with Crippen molar-refractivity contribution in [3.05, 3.63) is 30.1 Å². The number of carbonyl (C=O) groups is 2. The predicted molar refractivity (Wildman–Crippen MR) is 72.1 cm³/mol. The predicted octanol–water partition coefficient (Wildman–Crippen LogP) is 2.18. The Morgan fingerprint density at radius 3 is 2.65 bits per heavy atom. The molecule has 1 N–H and O–H groups in total. The molecule has 0 aromatic heterocycles. The number of nitrogens with zero attached hydrogens (tertiary/aromatic N) is 2. The van der Waals surface area contributed by atoms with Gasteiger partial charge in [-0.2, -0.15) is 0 Å². The summed E-state index contributed by atoms with van der Waals surface area (Å²) >= 11 is 0. The van der Waals surface area contributed by atoms with Gasteiger partial charge in [0.05, 0.1) is 0 Å². The molecule has 2 amide bonds. The van der Waals surface area contributed by atoms with Crippen LogP contribution >= 0.6 is 0 Å². The number of carboxylic acid groups (broad SMARTS) is 1. The average molecular weight is 280 g/mol. The quantitative estimate of drug-likeness (QED) is 0.923. The first-order valence-corrected chi connectivity index (χ1v) is 6.47. The van der Waals surface area contributed by atoms with Crippen molar-refractivity contribution >= 4 is 17.7 Å². The number of urea groups is 1. The molecule has 0 aliphatic carbocycles. The molecule has 1 unspecified atom stereocenters. The van der Waals surface area contributed by atoms with Gasteiger partial charge in [-0.25, -0.2) is 9.18 Å². The largest absolute Gasteiger partial charge is 0.481 e. The summed E-state index contributed by atoms with van der Waals surface area (Å²) < 4.78 is 12.9. The maximum Gasteiger partial charge on any atom is 0.324 e. The van der Waals surface area contributed by atoms with Crippen LogP contribution in [0.4, 0.5) is 14.9 Å². The maximum absolute atomic E-state index is 12.9. The summed E-state index contributed by atoms with van der Waals surface area (Å²) in [7, 11) is 1.63. The third-order valence-corrected chi connectivity index (χ3v) is 3.52. The van der Waals surface area contributed by atoms with Crippen molar-refractivity contribution in [1.82, 2.24) is 4.90 Å². The number of aliphatic carboxylic acids is 1. The summed E-state index contributed by atoms with van der Waals surface area (Å²) in [6.07, 6.45) is 0.791. The number of hydrogen-bond acceptors (Lipinski definition) is 2. The second-order valence-electron chi connectivity index (χ2n) is 5.02.